The van der Waals surface area contributed by atoms with Crippen molar-refractivity contribution < 1.29 is 22.7 Å². The molecule has 0 radical (unpaired) electrons. The van der Waals surface area contributed by atoms with Crippen molar-refractivity contribution in [2.75, 3.05) is 31.3 Å². The number of rotatable bonds is 11. The number of carbonyl (C=O) groups excluding carboxylic acids is 2. The van der Waals surface area contributed by atoms with E-state index < -0.39 is 34.4 Å². The molecule has 0 aliphatic rings. The highest BCUT2D eigenvalue weighted by molar-refractivity contribution is 7.92. The van der Waals surface area contributed by atoms with Crippen LogP contribution >= 0.6 is 23.2 Å². The Balaban J connectivity index is 2.09. The summed E-state index contributed by atoms with van der Waals surface area (Å²) in [5.41, 5.74) is 2.46. The molecular weight excluding hydrogens is 561 g/mol. The Hall–Kier alpha value is -3.27. The zero-order valence-electron chi connectivity index (χ0n) is 22.1. The summed E-state index contributed by atoms with van der Waals surface area (Å²) in [6.45, 7) is 1.24. The van der Waals surface area contributed by atoms with E-state index in [1.807, 2.05) is 37.3 Å². The predicted octanol–water partition coefficient (Wildman–Crippen LogP) is 4.46. The molecule has 3 aromatic carbocycles. The molecule has 1 N–H and O–H groups in total. The van der Waals surface area contributed by atoms with E-state index in [0.717, 1.165) is 21.7 Å². The summed E-state index contributed by atoms with van der Waals surface area (Å²) in [6, 6.07) is 18.3. The Bertz CT molecular complexity index is 1430. The third-order valence-electron chi connectivity index (χ3n) is 6.14. The number of aryl methyl sites for hydroxylation is 1. The molecule has 1 atom stereocenters. The zero-order chi connectivity index (χ0) is 28.7. The molecule has 0 saturated heterocycles. The van der Waals surface area contributed by atoms with Crippen LogP contribution in [0.1, 0.15) is 16.7 Å². The van der Waals surface area contributed by atoms with E-state index in [-0.39, 0.29) is 18.7 Å². The molecule has 0 aliphatic carbocycles. The first-order valence-electron chi connectivity index (χ1n) is 12.1. The summed E-state index contributed by atoms with van der Waals surface area (Å²) in [5, 5.41) is 3.28. The van der Waals surface area contributed by atoms with Gasteiger partial charge >= 0.3 is 0 Å². The van der Waals surface area contributed by atoms with Crippen molar-refractivity contribution in [3.8, 4) is 5.75 Å². The van der Waals surface area contributed by atoms with Crippen LogP contribution in [-0.4, -0.2) is 58.1 Å². The molecule has 0 bridgehead atoms. The zero-order valence-corrected chi connectivity index (χ0v) is 24.5. The van der Waals surface area contributed by atoms with Gasteiger partial charge in [0.1, 0.15) is 18.3 Å². The van der Waals surface area contributed by atoms with E-state index in [1.54, 1.807) is 36.4 Å². The van der Waals surface area contributed by atoms with Crippen LogP contribution in [0, 0.1) is 6.92 Å². The number of carbonyl (C=O) groups is 2. The van der Waals surface area contributed by atoms with Crippen LogP contribution in [0.5, 0.6) is 5.75 Å². The highest BCUT2D eigenvalue weighted by Gasteiger charge is 2.33. The van der Waals surface area contributed by atoms with Gasteiger partial charge in [-0.25, -0.2) is 8.42 Å². The van der Waals surface area contributed by atoms with Gasteiger partial charge in [-0.3, -0.25) is 13.9 Å². The molecule has 0 aromatic heterocycles. The number of hydrogen-bond acceptors (Lipinski definition) is 5. The summed E-state index contributed by atoms with van der Waals surface area (Å²) in [7, 11) is -1.01. The minimum Gasteiger partial charge on any atom is -0.495 e. The van der Waals surface area contributed by atoms with E-state index in [4.69, 9.17) is 27.9 Å². The average Bonchev–Trinajstić information content (AvgIpc) is 2.90. The Labute approximate surface area is 239 Å². The summed E-state index contributed by atoms with van der Waals surface area (Å²) >= 11 is 12.3. The Morgan fingerprint density at radius 2 is 1.67 bits per heavy atom. The molecule has 0 spiro atoms. The first-order valence-corrected chi connectivity index (χ1v) is 14.7. The van der Waals surface area contributed by atoms with E-state index in [1.165, 1.54) is 19.1 Å². The maximum absolute atomic E-state index is 14.0. The molecule has 2 amide bonds. The van der Waals surface area contributed by atoms with Crippen LogP contribution in [0.2, 0.25) is 10.0 Å². The van der Waals surface area contributed by atoms with Crippen molar-refractivity contribution in [2.45, 2.75) is 25.9 Å². The number of halogens is 2. The van der Waals surface area contributed by atoms with Crippen LogP contribution in [0.3, 0.4) is 0 Å². The first kappa shape index (κ1) is 30.3. The fourth-order valence-electron chi connectivity index (χ4n) is 4.14. The van der Waals surface area contributed by atoms with Gasteiger partial charge in [-0.2, -0.15) is 0 Å². The third kappa shape index (κ3) is 7.88. The highest BCUT2D eigenvalue weighted by atomic mass is 35.5. The summed E-state index contributed by atoms with van der Waals surface area (Å²) in [5.74, 6) is -0.687. The van der Waals surface area contributed by atoms with Gasteiger partial charge in [0.2, 0.25) is 21.8 Å². The van der Waals surface area contributed by atoms with Crippen LogP contribution < -0.4 is 14.4 Å². The maximum atomic E-state index is 14.0. The highest BCUT2D eigenvalue weighted by Crippen LogP contribution is 2.31. The molecule has 0 saturated carbocycles. The van der Waals surface area contributed by atoms with E-state index in [9.17, 15) is 18.0 Å². The van der Waals surface area contributed by atoms with Crippen molar-refractivity contribution in [2.24, 2.45) is 0 Å². The van der Waals surface area contributed by atoms with Gasteiger partial charge < -0.3 is 15.0 Å². The molecule has 0 fully saturated rings. The summed E-state index contributed by atoms with van der Waals surface area (Å²) < 4.78 is 32.3. The third-order valence-corrected chi connectivity index (χ3v) is 8.00. The molecule has 1 unspecified atom stereocenters. The second-order valence-corrected chi connectivity index (χ2v) is 11.8. The average molecular weight is 593 g/mol. The van der Waals surface area contributed by atoms with Crippen molar-refractivity contribution in [1.29, 1.82) is 0 Å². The van der Waals surface area contributed by atoms with Crippen molar-refractivity contribution in [1.82, 2.24) is 10.2 Å². The van der Waals surface area contributed by atoms with Gasteiger partial charge in [-0.1, -0.05) is 65.7 Å². The molecule has 3 rings (SSSR count). The van der Waals surface area contributed by atoms with Gasteiger partial charge in [0, 0.05) is 20.0 Å². The lowest BCUT2D eigenvalue weighted by Crippen LogP contribution is -2.52. The van der Waals surface area contributed by atoms with E-state index >= 15 is 0 Å². The second-order valence-electron chi connectivity index (χ2n) is 9.03. The van der Waals surface area contributed by atoms with Crippen molar-refractivity contribution in [3.05, 3.63) is 93.5 Å². The first-order chi connectivity index (χ1) is 18.4. The number of nitrogens with zero attached hydrogens (tertiary/aromatic N) is 2. The SMILES string of the molecule is CNC(=O)C(Cc1ccccc1)N(Cc1ccc(Cl)c(Cl)c1)C(=O)CN(c1cc(C)ccc1OC)S(C)(=O)=O. The number of nitrogens with one attached hydrogen (secondary N) is 1. The van der Waals surface area contributed by atoms with Gasteiger partial charge in [0.25, 0.3) is 0 Å². The van der Waals surface area contributed by atoms with E-state index in [0.29, 0.717) is 21.4 Å². The quantitative estimate of drug-likeness (QED) is 0.355. The molecular formula is C28H31Cl2N3O5S. The fourth-order valence-corrected chi connectivity index (χ4v) is 5.31. The fraction of sp³-hybridized carbons (Fsp3) is 0.286. The summed E-state index contributed by atoms with van der Waals surface area (Å²) in [6.07, 6.45) is 1.23. The van der Waals surface area contributed by atoms with Gasteiger partial charge in [-0.05, 0) is 47.9 Å². The molecule has 3 aromatic rings. The van der Waals surface area contributed by atoms with E-state index in [2.05, 4.69) is 5.32 Å². The van der Waals surface area contributed by atoms with Crippen molar-refractivity contribution in [3.63, 3.8) is 0 Å². The topological polar surface area (TPSA) is 96.0 Å². The largest absolute Gasteiger partial charge is 0.495 e. The second kappa shape index (κ2) is 13.2. The van der Waals surface area contributed by atoms with Gasteiger partial charge in [-0.15, -0.1) is 0 Å². The van der Waals surface area contributed by atoms with Crippen LogP contribution in [0.15, 0.2) is 66.7 Å². The minimum absolute atomic E-state index is 0.0107. The Morgan fingerprint density at radius 1 is 0.974 bits per heavy atom. The lowest BCUT2D eigenvalue weighted by Gasteiger charge is -2.33. The Kier molecular flexibility index (Phi) is 10.2. The number of benzene rings is 3. The van der Waals surface area contributed by atoms with Gasteiger partial charge in [0.15, 0.2) is 0 Å². The normalized spacial score (nSPS) is 11.9. The number of anilines is 1. The summed E-state index contributed by atoms with van der Waals surface area (Å²) in [4.78, 5) is 28.5. The molecule has 0 aliphatic heterocycles. The van der Waals surface area contributed by atoms with Gasteiger partial charge in [0.05, 0.1) is 29.1 Å². The maximum Gasteiger partial charge on any atom is 0.244 e. The molecule has 8 nitrogen and oxygen atoms in total. The lowest BCUT2D eigenvalue weighted by molar-refractivity contribution is -0.139. The number of likely N-dealkylation sites (N-methyl/N-ethyl adjacent to an activating group) is 1. The number of sulfonamides is 1. The number of methoxy groups -OCH3 is 1. The molecule has 0 heterocycles. The van der Waals surface area contributed by atoms with Crippen LogP contribution in [0.25, 0.3) is 0 Å². The van der Waals surface area contributed by atoms with Crippen molar-refractivity contribution >= 4 is 50.7 Å². The minimum atomic E-state index is -3.92. The smallest absolute Gasteiger partial charge is 0.244 e. The standard InChI is InChI=1S/C28H31Cl2N3O5S/c1-19-10-13-26(38-3)24(14-19)33(39(4,36)37)18-27(34)32(17-21-11-12-22(29)23(30)15-21)25(28(35)31-2)16-20-8-6-5-7-9-20/h5-15,25H,16-18H2,1-4H3,(H,31,35). The predicted molar refractivity (Wildman–Crippen MR) is 155 cm³/mol. The van der Waals surface area contributed by atoms with Crippen LogP contribution in [-0.2, 0) is 32.6 Å². The molecule has 39 heavy (non-hydrogen) atoms. The monoisotopic (exact) mass is 591 g/mol. The number of ether oxygens (including phenoxy) is 1. The number of hydrogen-bond donors (Lipinski definition) is 1. The number of amides is 2. The van der Waals surface area contributed by atoms with Crippen LogP contribution in [0.4, 0.5) is 5.69 Å². The molecule has 208 valence electrons. The Morgan fingerprint density at radius 3 is 2.26 bits per heavy atom. The lowest BCUT2D eigenvalue weighted by atomic mass is 10.0. The molecule has 11 heteroatoms.